The number of fused-ring (bicyclic) bond motifs is 1. The topological polar surface area (TPSA) is 146 Å². The van der Waals surface area contributed by atoms with Crippen LogP contribution in [0.15, 0.2) is 54.4 Å². The van der Waals surface area contributed by atoms with E-state index >= 15 is 0 Å². The van der Waals surface area contributed by atoms with E-state index in [1.165, 1.54) is 24.6 Å². The van der Waals surface area contributed by atoms with Gasteiger partial charge in [-0.15, -0.1) is 0 Å². The highest BCUT2D eigenvalue weighted by Gasteiger charge is 2.44. The molecule has 1 aliphatic carbocycles. The summed E-state index contributed by atoms with van der Waals surface area (Å²) in [5.41, 5.74) is 2.10. The molecule has 1 heterocycles. The van der Waals surface area contributed by atoms with E-state index in [0.717, 1.165) is 36.5 Å². The fourth-order valence-corrected chi connectivity index (χ4v) is 5.99. The zero-order valence-electron chi connectivity index (χ0n) is 24.2. The molecular formula is C31H43N5O5. The number of aliphatic hydroxyl groups is 1. The van der Waals surface area contributed by atoms with E-state index in [0.29, 0.717) is 23.6 Å². The van der Waals surface area contributed by atoms with E-state index in [2.05, 4.69) is 16.1 Å². The third-order valence-corrected chi connectivity index (χ3v) is 8.21. The Bertz CT molecular complexity index is 1270. The lowest BCUT2D eigenvalue weighted by Gasteiger charge is -2.31. The third-order valence-electron chi connectivity index (χ3n) is 8.21. The highest BCUT2D eigenvalue weighted by Crippen LogP contribution is 2.30. The van der Waals surface area contributed by atoms with Crippen molar-refractivity contribution < 1.29 is 24.2 Å². The average Bonchev–Trinajstić information content (AvgIpc) is 3.39. The molecule has 6 N–H and O–H groups in total. The lowest BCUT2D eigenvalue weighted by Crippen LogP contribution is -2.53. The maximum atomic E-state index is 14.2. The van der Waals surface area contributed by atoms with E-state index in [9.17, 15) is 19.5 Å². The minimum Gasteiger partial charge on any atom is -0.467 e. The summed E-state index contributed by atoms with van der Waals surface area (Å²) in [5, 5.41) is 18.8. The number of nitrogens with one attached hydrogen (secondary N) is 3. The predicted molar refractivity (Wildman–Crippen MR) is 157 cm³/mol. The van der Waals surface area contributed by atoms with Crippen molar-refractivity contribution in [2.75, 3.05) is 13.7 Å². The number of esters is 1. The quantitative estimate of drug-likeness (QED) is 0.168. The van der Waals surface area contributed by atoms with Gasteiger partial charge in [-0.3, -0.25) is 15.4 Å². The number of ether oxygens (including phenoxy) is 1. The first-order chi connectivity index (χ1) is 19.6. The number of hydrogen-bond acceptors (Lipinski definition) is 8. The van der Waals surface area contributed by atoms with Gasteiger partial charge in [-0.2, -0.15) is 0 Å². The molecule has 2 aromatic rings. The first-order valence-electron chi connectivity index (χ1n) is 14.4. The molecule has 2 fully saturated rings. The van der Waals surface area contributed by atoms with E-state index in [1.807, 2.05) is 36.4 Å². The van der Waals surface area contributed by atoms with Crippen molar-refractivity contribution in [3.8, 4) is 0 Å². The first-order valence-corrected chi connectivity index (χ1v) is 14.4. The van der Waals surface area contributed by atoms with Crippen molar-refractivity contribution >= 4 is 28.6 Å². The molecule has 1 saturated heterocycles. The molecule has 222 valence electrons. The van der Waals surface area contributed by atoms with Crippen LogP contribution in [0.5, 0.6) is 0 Å². The van der Waals surface area contributed by atoms with Crippen LogP contribution in [0.2, 0.25) is 0 Å². The van der Waals surface area contributed by atoms with Crippen LogP contribution < -0.4 is 21.9 Å². The van der Waals surface area contributed by atoms with Gasteiger partial charge in [-0.05, 0) is 49.1 Å². The second kappa shape index (κ2) is 13.4. The molecule has 2 aromatic carbocycles. The Morgan fingerprint density at radius 3 is 2.49 bits per heavy atom. The van der Waals surface area contributed by atoms with E-state index < -0.39 is 23.7 Å². The summed E-state index contributed by atoms with van der Waals surface area (Å²) in [6, 6.07) is 11.3. The monoisotopic (exact) mass is 565 g/mol. The number of hydrazine groups is 1. The van der Waals surface area contributed by atoms with Crippen LogP contribution >= 0.6 is 0 Å². The standard InChI is InChI=1S/C31H43N5O5/c1-31(2,40)27(18-33-32)34-24-17-26(30(39)41-3)36(19-24)29(38)25(15-20-9-5-4-6-10-20)35-28(37)23-14-13-21-11-7-8-12-22(21)16-23/h7-8,11-14,16,18,20,24-26,33-34,40H,4-6,9-10,15,17,19,32H2,1-3H3,(H,35,37)/b27-18-/t24-,25+,26-/m0/s1. The Morgan fingerprint density at radius 2 is 1.83 bits per heavy atom. The van der Waals surface area contributed by atoms with Crippen LogP contribution in [0, 0.1) is 5.92 Å². The number of carbonyl (C=O) groups is 3. The second-order valence-corrected chi connectivity index (χ2v) is 11.7. The van der Waals surface area contributed by atoms with Crippen molar-refractivity contribution in [1.82, 2.24) is 21.0 Å². The number of nitrogens with two attached hydrogens (primary N) is 1. The van der Waals surface area contributed by atoms with E-state index in [4.69, 9.17) is 10.6 Å². The van der Waals surface area contributed by atoms with Gasteiger partial charge in [-0.25, -0.2) is 4.79 Å². The predicted octanol–water partition coefficient (Wildman–Crippen LogP) is 2.72. The summed E-state index contributed by atoms with van der Waals surface area (Å²) >= 11 is 0. The van der Waals surface area contributed by atoms with Crippen LogP contribution in [0.3, 0.4) is 0 Å². The van der Waals surface area contributed by atoms with Crippen molar-refractivity contribution in [1.29, 1.82) is 0 Å². The molecule has 0 unspecified atom stereocenters. The highest BCUT2D eigenvalue weighted by molar-refractivity contribution is 6.01. The van der Waals surface area contributed by atoms with Gasteiger partial charge in [0.25, 0.3) is 5.91 Å². The molecule has 2 aliphatic rings. The van der Waals surface area contributed by atoms with E-state index in [-0.39, 0.29) is 30.8 Å². The highest BCUT2D eigenvalue weighted by atomic mass is 16.5. The number of carbonyl (C=O) groups excluding carboxylic acids is 3. The molecule has 1 aliphatic heterocycles. The Morgan fingerprint density at radius 1 is 1.12 bits per heavy atom. The number of benzene rings is 2. The lowest BCUT2D eigenvalue weighted by atomic mass is 9.84. The molecule has 1 saturated carbocycles. The number of hydrogen-bond donors (Lipinski definition) is 5. The molecule has 10 nitrogen and oxygen atoms in total. The fraction of sp³-hybridized carbons (Fsp3) is 0.516. The Balaban J connectivity index is 1.58. The molecular weight excluding hydrogens is 522 g/mol. The molecule has 41 heavy (non-hydrogen) atoms. The Labute approximate surface area is 241 Å². The van der Waals surface area contributed by atoms with Crippen LogP contribution in [0.4, 0.5) is 0 Å². The number of amides is 2. The summed E-state index contributed by atoms with van der Waals surface area (Å²) in [4.78, 5) is 42.0. The zero-order valence-corrected chi connectivity index (χ0v) is 24.2. The first kappa shape index (κ1) is 30.3. The number of rotatable bonds is 10. The summed E-state index contributed by atoms with van der Waals surface area (Å²) in [6.07, 6.45) is 7.64. The van der Waals surface area contributed by atoms with Gasteiger partial charge in [0.2, 0.25) is 5.91 Å². The van der Waals surface area contributed by atoms with Crippen molar-refractivity contribution in [3.05, 3.63) is 59.9 Å². The van der Waals surface area contributed by atoms with Crippen LogP contribution in [-0.2, 0) is 14.3 Å². The van der Waals surface area contributed by atoms with Gasteiger partial charge in [0, 0.05) is 30.8 Å². The van der Waals surface area contributed by atoms with Gasteiger partial charge >= 0.3 is 5.97 Å². The van der Waals surface area contributed by atoms with Gasteiger partial charge in [-0.1, -0.05) is 62.4 Å². The van der Waals surface area contributed by atoms with E-state index in [1.54, 1.807) is 19.9 Å². The van der Waals surface area contributed by atoms with Gasteiger partial charge < -0.3 is 30.8 Å². The molecule has 0 bridgehead atoms. The minimum atomic E-state index is -1.23. The maximum absolute atomic E-state index is 14.2. The zero-order chi connectivity index (χ0) is 29.6. The maximum Gasteiger partial charge on any atom is 0.328 e. The van der Waals surface area contributed by atoms with Crippen LogP contribution in [0.1, 0.15) is 69.2 Å². The number of likely N-dealkylation sites (tertiary alicyclic amines) is 1. The largest absolute Gasteiger partial charge is 0.467 e. The van der Waals surface area contributed by atoms with Crippen molar-refractivity contribution in [3.63, 3.8) is 0 Å². The van der Waals surface area contributed by atoms with Crippen molar-refractivity contribution in [2.24, 2.45) is 11.8 Å². The molecule has 2 amide bonds. The summed E-state index contributed by atoms with van der Waals surface area (Å²) < 4.78 is 5.06. The Hall–Kier alpha value is -3.63. The van der Waals surface area contributed by atoms with Crippen LogP contribution in [0.25, 0.3) is 10.8 Å². The summed E-state index contributed by atoms with van der Waals surface area (Å²) in [5.74, 6) is 4.62. The molecule has 0 spiro atoms. The van der Waals surface area contributed by atoms with Crippen LogP contribution in [-0.4, -0.2) is 65.2 Å². The minimum absolute atomic E-state index is 0.198. The number of nitrogens with zero attached hydrogens (tertiary/aromatic N) is 1. The number of methoxy groups -OCH3 is 1. The third kappa shape index (κ3) is 7.56. The van der Waals surface area contributed by atoms with Gasteiger partial charge in [0.05, 0.1) is 18.4 Å². The summed E-state index contributed by atoms with van der Waals surface area (Å²) in [6.45, 7) is 3.42. The smallest absolute Gasteiger partial charge is 0.328 e. The lowest BCUT2D eigenvalue weighted by molar-refractivity contribution is -0.151. The molecule has 0 aromatic heterocycles. The molecule has 0 radical (unpaired) electrons. The average molecular weight is 566 g/mol. The van der Waals surface area contributed by atoms with Gasteiger partial charge in [0.1, 0.15) is 12.1 Å². The fourth-order valence-electron chi connectivity index (χ4n) is 5.99. The summed E-state index contributed by atoms with van der Waals surface area (Å²) in [7, 11) is 1.30. The molecule has 4 rings (SSSR count). The van der Waals surface area contributed by atoms with Gasteiger partial charge in [0.15, 0.2) is 0 Å². The SMILES string of the molecule is COC(=O)[C@@H]1C[C@H](N/C(=C\NN)C(C)(C)O)CN1C(=O)[C@@H](CC1CCCCC1)NC(=O)c1ccc2ccccc2c1. The molecule has 3 atom stereocenters. The van der Waals surface area contributed by atoms with Crippen molar-refractivity contribution in [2.45, 2.75) is 82.5 Å². The normalized spacial score (nSPS) is 20.9. The molecule has 10 heteroatoms. The second-order valence-electron chi connectivity index (χ2n) is 11.7. The Kier molecular flexibility index (Phi) is 9.88.